The van der Waals surface area contributed by atoms with Crippen LogP contribution in [0.4, 0.5) is 0 Å². The number of hydrogen-bond donors (Lipinski definition) is 0. The fraction of sp³-hybridized carbons (Fsp3) is 0.188. The van der Waals surface area contributed by atoms with E-state index in [2.05, 4.69) is 27.6 Å². The summed E-state index contributed by atoms with van der Waals surface area (Å²) in [6.07, 6.45) is 1.43. The van der Waals surface area contributed by atoms with Crippen LogP contribution in [-0.2, 0) is 0 Å². The highest BCUT2D eigenvalue weighted by atomic mass is 127. The molecule has 1 aliphatic rings. The van der Waals surface area contributed by atoms with Gasteiger partial charge < -0.3 is 9.64 Å². The highest BCUT2D eigenvalue weighted by molar-refractivity contribution is 14.1. The Hall–Kier alpha value is -2.14. The van der Waals surface area contributed by atoms with Crippen molar-refractivity contribution in [2.75, 3.05) is 13.1 Å². The van der Waals surface area contributed by atoms with Gasteiger partial charge in [-0.25, -0.2) is 4.98 Å². The van der Waals surface area contributed by atoms with Crippen molar-refractivity contribution in [1.29, 1.82) is 5.26 Å². The molecular formula is C16H12IN3O2. The second-order valence-corrected chi connectivity index (χ2v) is 6.09. The minimum Gasteiger partial charge on any atom is -0.471 e. The lowest BCUT2D eigenvalue weighted by molar-refractivity contribution is 0.0159. The van der Waals surface area contributed by atoms with Crippen LogP contribution in [0.15, 0.2) is 42.6 Å². The number of likely N-dealkylation sites (tertiary alicyclic amines) is 1. The van der Waals surface area contributed by atoms with Gasteiger partial charge in [-0.05, 0) is 40.8 Å². The highest BCUT2D eigenvalue weighted by Crippen LogP contribution is 2.21. The molecule has 0 saturated carbocycles. The third-order valence-corrected chi connectivity index (χ3v) is 4.33. The van der Waals surface area contributed by atoms with E-state index in [4.69, 9.17) is 10.00 Å². The molecule has 2 aromatic rings. The molecule has 2 heterocycles. The number of hydrogen-bond acceptors (Lipinski definition) is 4. The molecule has 5 nitrogen and oxygen atoms in total. The minimum absolute atomic E-state index is 0.0256. The zero-order chi connectivity index (χ0) is 15.5. The number of halogens is 1. The fourth-order valence-corrected chi connectivity index (χ4v) is 2.79. The van der Waals surface area contributed by atoms with Gasteiger partial charge in [0.25, 0.3) is 5.91 Å². The maximum absolute atomic E-state index is 12.3. The van der Waals surface area contributed by atoms with Crippen LogP contribution in [0.2, 0.25) is 0 Å². The average molecular weight is 405 g/mol. The lowest BCUT2D eigenvalue weighted by Gasteiger charge is -2.38. The van der Waals surface area contributed by atoms with Crippen LogP contribution >= 0.6 is 22.6 Å². The Morgan fingerprint density at radius 1 is 1.32 bits per heavy atom. The molecule has 0 N–H and O–H groups in total. The molecular weight excluding hydrogens is 393 g/mol. The van der Waals surface area contributed by atoms with Crippen LogP contribution in [-0.4, -0.2) is 35.0 Å². The molecule has 0 unspecified atom stereocenters. The van der Waals surface area contributed by atoms with Crippen molar-refractivity contribution in [3.63, 3.8) is 0 Å². The number of nitrogens with zero attached hydrogens (tertiary/aromatic N) is 3. The molecule has 110 valence electrons. The molecule has 1 saturated heterocycles. The summed E-state index contributed by atoms with van der Waals surface area (Å²) in [4.78, 5) is 18.2. The average Bonchev–Trinajstić information content (AvgIpc) is 2.51. The number of rotatable bonds is 3. The van der Waals surface area contributed by atoms with Crippen molar-refractivity contribution < 1.29 is 9.53 Å². The normalized spacial score (nSPS) is 14.1. The summed E-state index contributed by atoms with van der Waals surface area (Å²) in [6, 6.07) is 12.9. The summed E-state index contributed by atoms with van der Waals surface area (Å²) in [5.74, 6) is 0.503. The van der Waals surface area contributed by atoms with Gasteiger partial charge in [-0.3, -0.25) is 4.79 Å². The Balaban J connectivity index is 1.57. The van der Waals surface area contributed by atoms with E-state index in [1.54, 1.807) is 17.0 Å². The molecule has 1 aromatic carbocycles. The van der Waals surface area contributed by atoms with E-state index in [9.17, 15) is 4.79 Å². The van der Waals surface area contributed by atoms with Gasteiger partial charge in [-0.2, -0.15) is 5.26 Å². The number of pyridine rings is 1. The smallest absolute Gasteiger partial charge is 0.255 e. The van der Waals surface area contributed by atoms with Crippen LogP contribution in [0.3, 0.4) is 0 Å². The molecule has 0 atom stereocenters. The number of amides is 1. The summed E-state index contributed by atoms with van der Waals surface area (Å²) in [7, 11) is 0. The van der Waals surface area contributed by atoms with Gasteiger partial charge in [0.1, 0.15) is 12.2 Å². The lowest BCUT2D eigenvalue weighted by atomic mass is 10.1. The molecule has 0 spiro atoms. The topological polar surface area (TPSA) is 66.2 Å². The van der Waals surface area contributed by atoms with Crippen molar-refractivity contribution in [3.8, 4) is 11.9 Å². The molecule has 0 bridgehead atoms. The number of ether oxygens (including phenoxy) is 1. The van der Waals surface area contributed by atoms with Gasteiger partial charge in [-0.15, -0.1) is 0 Å². The summed E-state index contributed by atoms with van der Waals surface area (Å²) < 4.78 is 6.63. The second kappa shape index (κ2) is 6.32. The first-order valence-electron chi connectivity index (χ1n) is 6.74. The Labute approximate surface area is 141 Å². The summed E-state index contributed by atoms with van der Waals surface area (Å²) in [5, 5.41) is 8.72. The van der Waals surface area contributed by atoms with Gasteiger partial charge >= 0.3 is 0 Å². The third kappa shape index (κ3) is 3.04. The van der Waals surface area contributed by atoms with Crippen LogP contribution < -0.4 is 4.74 Å². The standard InChI is InChI=1S/C16H12IN3O2/c17-14-4-2-1-3-13(14)16(21)20-9-12(10-20)22-15-6-5-11(7-18)8-19-15/h1-6,8,12H,9-10H2. The Morgan fingerprint density at radius 3 is 2.73 bits per heavy atom. The summed E-state index contributed by atoms with van der Waals surface area (Å²) in [6.45, 7) is 1.09. The summed E-state index contributed by atoms with van der Waals surface area (Å²) >= 11 is 2.16. The van der Waals surface area contributed by atoms with Gasteiger partial charge in [-0.1, -0.05) is 12.1 Å². The summed E-state index contributed by atoms with van der Waals surface area (Å²) in [5.41, 5.74) is 1.22. The molecule has 22 heavy (non-hydrogen) atoms. The largest absolute Gasteiger partial charge is 0.471 e. The quantitative estimate of drug-likeness (QED) is 0.737. The van der Waals surface area contributed by atoms with Crippen LogP contribution in [0, 0.1) is 14.9 Å². The van der Waals surface area contributed by atoms with Gasteiger partial charge in [0, 0.05) is 15.8 Å². The Kier molecular flexibility index (Phi) is 4.24. The molecule has 1 aromatic heterocycles. The van der Waals surface area contributed by atoms with Gasteiger partial charge in [0.2, 0.25) is 5.88 Å². The van der Waals surface area contributed by atoms with E-state index >= 15 is 0 Å². The van der Waals surface area contributed by atoms with Crippen LogP contribution in [0.25, 0.3) is 0 Å². The zero-order valence-electron chi connectivity index (χ0n) is 11.6. The van der Waals surface area contributed by atoms with E-state index in [1.807, 2.05) is 30.3 Å². The molecule has 3 rings (SSSR count). The molecule has 1 fully saturated rings. The Bertz CT molecular complexity index is 734. The van der Waals surface area contributed by atoms with E-state index < -0.39 is 0 Å². The third-order valence-electron chi connectivity index (χ3n) is 3.39. The number of nitriles is 1. The predicted molar refractivity (Wildman–Crippen MR) is 88.4 cm³/mol. The van der Waals surface area contributed by atoms with E-state index in [0.29, 0.717) is 24.5 Å². The SMILES string of the molecule is N#Cc1ccc(OC2CN(C(=O)c3ccccc3I)C2)nc1. The molecule has 1 aliphatic heterocycles. The predicted octanol–water partition coefficient (Wildman–Crippen LogP) is 2.46. The number of carbonyl (C=O) groups excluding carboxylic acids is 1. The first kappa shape index (κ1) is 14.8. The number of aromatic nitrogens is 1. The van der Waals surface area contributed by atoms with Crippen molar-refractivity contribution in [2.45, 2.75) is 6.10 Å². The first-order chi connectivity index (χ1) is 10.7. The fourth-order valence-electron chi connectivity index (χ4n) is 2.17. The minimum atomic E-state index is -0.0502. The number of carbonyl (C=O) groups is 1. The van der Waals surface area contributed by atoms with Crippen LogP contribution in [0.5, 0.6) is 5.88 Å². The van der Waals surface area contributed by atoms with Crippen molar-refractivity contribution >= 4 is 28.5 Å². The van der Waals surface area contributed by atoms with E-state index in [-0.39, 0.29) is 12.0 Å². The van der Waals surface area contributed by atoms with Crippen molar-refractivity contribution in [2.24, 2.45) is 0 Å². The van der Waals surface area contributed by atoms with Gasteiger partial charge in [0.15, 0.2) is 0 Å². The lowest BCUT2D eigenvalue weighted by Crippen LogP contribution is -2.56. The second-order valence-electron chi connectivity index (χ2n) is 4.93. The van der Waals surface area contributed by atoms with E-state index in [0.717, 1.165) is 9.13 Å². The molecule has 0 aliphatic carbocycles. The zero-order valence-corrected chi connectivity index (χ0v) is 13.7. The molecule has 0 radical (unpaired) electrons. The monoisotopic (exact) mass is 405 g/mol. The van der Waals surface area contributed by atoms with Crippen molar-refractivity contribution in [3.05, 3.63) is 57.3 Å². The van der Waals surface area contributed by atoms with E-state index in [1.165, 1.54) is 6.20 Å². The number of benzene rings is 1. The first-order valence-corrected chi connectivity index (χ1v) is 7.82. The Morgan fingerprint density at radius 2 is 2.09 bits per heavy atom. The van der Waals surface area contributed by atoms with Crippen molar-refractivity contribution in [1.82, 2.24) is 9.88 Å². The van der Waals surface area contributed by atoms with Gasteiger partial charge in [0.05, 0.1) is 24.2 Å². The maximum atomic E-state index is 12.3. The highest BCUT2D eigenvalue weighted by Gasteiger charge is 2.33. The maximum Gasteiger partial charge on any atom is 0.255 e. The molecule has 6 heteroatoms. The van der Waals surface area contributed by atoms with Crippen LogP contribution in [0.1, 0.15) is 15.9 Å². The molecule has 1 amide bonds.